The van der Waals surface area contributed by atoms with E-state index in [0.29, 0.717) is 17.6 Å². The molecule has 0 bridgehead atoms. The van der Waals surface area contributed by atoms with E-state index in [9.17, 15) is 9.59 Å². The van der Waals surface area contributed by atoms with Crippen LogP contribution in [0.25, 0.3) is 11.1 Å². The van der Waals surface area contributed by atoms with Crippen molar-refractivity contribution >= 4 is 11.9 Å². The van der Waals surface area contributed by atoms with Crippen LogP contribution in [0.3, 0.4) is 0 Å². The van der Waals surface area contributed by atoms with Crippen LogP contribution in [0.15, 0.2) is 66.7 Å². The number of benzene rings is 2. The molecule has 0 spiro atoms. The minimum atomic E-state index is -0.433. The quantitative estimate of drug-likeness (QED) is 0.438. The maximum Gasteiger partial charge on any atom is 0.338 e. The summed E-state index contributed by atoms with van der Waals surface area (Å²) in [7, 11) is 0. The monoisotopic (exact) mass is 324 g/mol. The van der Waals surface area contributed by atoms with Gasteiger partial charge in [0.25, 0.3) is 0 Å². The summed E-state index contributed by atoms with van der Waals surface area (Å²) >= 11 is 0. The molecule has 0 saturated heterocycles. The Morgan fingerprint density at radius 2 is 1.46 bits per heavy atom. The van der Waals surface area contributed by atoms with Crippen LogP contribution in [0, 0.1) is 0 Å². The molecule has 0 fully saturated rings. The third-order valence-electron chi connectivity index (χ3n) is 3.33. The van der Waals surface area contributed by atoms with E-state index in [2.05, 4.69) is 6.58 Å². The second-order valence-electron chi connectivity index (χ2n) is 5.35. The van der Waals surface area contributed by atoms with Crippen molar-refractivity contribution < 1.29 is 19.1 Å². The minimum absolute atomic E-state index is 0.197. The summed E-state index contributed by atoms with van der Waals surface area (Å²) in [5.41, 5.74) is 2.98. The van der Waals surface area contributed by atoms with Crippen molar-refractivity contribution in [2.24, 2.45) is 0 Å². The zero-order chi connectivity index (χ0) is 17.4. The van der Waals surface area contributed by atoms with E-state index in [-0.39, 0.29) is 19.2 Å². The van der Waals surface area contributed by atoms with E-state index in [4.69, 9.17) is 9.47 Å². The second-order valence-corrected chi connectivity index (χ2v) is 5.35. The molecule has 0 amide bonds. The second kappa shape index (κ2) is 8.67. The number of hydrogen-bond acceptors (Lipinski definition) is 4. The van der Waals surface area contributed by atoms with E-state index in [1.807, 2.05) is 42.5 Å². The zero-order valence-electron chi connectivity index (χ0n) is 13.7. The van der Waals surface area contributed by atoms with Crippen LogP contribution in [-0.2, 0) is 14.3 Å². The summed E-state index contributed by atoms with van der Waals surface area (Å²) in [6, 6.07) is 17.2. The van der Waals surface area contributed by atoms with Crippen molar-refractivity contribution in [1.82, 2.24) is 0 Å². The van der Waals surface area contributed by atoms with Gasteiger partial charge in [-0.2, -0.15) is 0 Å². The van der Waals surface area contributed by atoms with Crippen molar-refractivity contribution in [3.8, 4) is 11.1 Å². The van der Waals surface area contributed by atoms with Crippen LogP contribution in [0.5, 0.6) is 0 Å². The summed E-state index contributed by atoms with van der Waals surface area (Å²) in [6.07, 6.45) is 0.451. The molecule has 0 unspecified atom stereocenters. The molecule has 2 aromatic carbocycles. The lowest BCUT2D eigenvalue weighted by atomic mass is 10.0. The molecule has 4 nitrogen and oxygen atoms in total. The van der Waals surface area contributed by atoms with Gasteiger partial charge in [0.15, 0.2) is 0 Å². The molecule has 0 saturated carbocycles. The van der Waals surface area contributed by atoms with Crippen LogP contribution >= 0.6 is 0 Å². The highest BCUT2D eigenvalue weighted by Gasteiger charge is 2.08. The first kappa shape index (κ1) is 17.5. The average Bonchev–Trinajstić information content (AvgIpc) is 2.62. The fourth-order valence-electron chi connectivity index (χ4n) is 2.02. The van der Waals surface area contributed by atoms with Crippen molar-refractivity contribution in [2.75, 3.05) is 13.2 Å². The first-order chi connectivity index (χ1) is 11.6. The Morgan fingerprint density at radius 3 is 2.08 bits per heavy atom. The van der Waals surface area contributed by atoms with Gasteiger partial charge in [-0.15, -0.1) is 0 Å². The highest BCUT2D eigenvalue weighted by molar-refractivity contribution is 5.90. The summed E-state index contributed by atoms with van der Waals surface area (Å²) < 4.78 is 10.1. The van der Waals surface area contributed by atoms with Gasteiger partial charge in [0.2, 0.25) is 0 Å². The molecular formula is C20H20O4. The lowest BCUT2D eigenvalue weighted by Gasteiger charge is -2.07. The van der Waals surface area contributed by atoms with Crippen LogP contribution in [0.4, 0.5) is 0 Å². The molecule has 4 heteroatoms. The van der Waals surface area contributed by atoms with E-state index >= 15 is 0 Å². The Kier molecular flexibility index (Phi) is 6.32. The van der Waals surface area contributed by atoms with Crippen molar-refractivity contribution in [2.45, 2.75) is 13.3 Å². The Balaban J connectivity index is 1.79. The van der Waals surface area contributed by atoms with E-state index in [0.717, 1.165) is 11.1 Å². The normalized spacial score (nSPS) is 10.0. The summed E-state index contributed by atoms with van der Waals surface area (Å²) in [5, 5.41) is 0. The van der Waals surface area contributed by atoms with Gasteiger partial charge < -0.3 is 9.47 Å². The van der Waals surface area contributed by atoms with E-state index in [1.165, 1.54) is 0 Å². The summed E-state index contributed by atoms with van der Waals surface area (Å²) in [5.74, 6) is -0.821. The summed E-state index contributed by atoms with van der Waals surface area (Å²) in [6.45, 7) is 5.47. The lowest BCUT2D eigenvalue weighted by Crippen LogP contribution is -2.11. The largest absolute Gasteiger partial charge is 0.462 e. The maximum absolute atomic E-state index is 12.0. The smallest absolute Gasteiger partial charge is 0.338 e. The van der Waals surface area contributed by atoms with Gasteiger partial charge in [0.1, 0.15) is 0 Å². The van der Waals surface area contributed by atoms with E-state index < -0.39 is 5.97 Å². The van der Waals surface area contributed by atoms with Crippen LogP contribution in [0.1, 0.15) is 23.7 Å². The number of rotatable bonds is 7. The molecule has 124 valence electrons. The Bertz CT molecular complexity index is 702. The lowest BCUT2D eigenvalue weighted by molar-refractivity contribution is -0.139. The van der Waals surface area contributed by atoms with Gasteiger partial charge >= 0.3 is 11.9 Å². The van der Waals surface area contributed by atoms with Crippen molar-refractivity contribution in [1.29, 1.82) is 0 Å². The van der Waals surface area contributed by atoms with Crippen LogP contribution in [-0.4, -0.2) is 25.2 Å². The molecule has 2 rings (SSSR count). The highest BCUT2D eigenvalue weighted by atomic mass is 16.5. The fourth-order valence-corrected chi connectivity index (χ4v) is 2.02. The van der Waals surface area contributed by atoms with Gasteiger partial charge in [0, 0.05) is 12.0 Å². The Morgan fingerprint density at radius 1 is 0.875 bits per heavy atom. The molecular weight excluding hydrogens is 304 g/mol. The van der Waals surface area contributed by atoms with Crippen molar-refractivity contribution in [3.63, 3.8) is 0 Å². The van der Waals surface area contributed by atoms with Gasteiger partial charge in [-0.1, -0.05) is 49.0 Å². The van der Waals surface area contributed by atoms with Gasteiger partial charge in [-0.25, -0.2) is 9.59 Å². The molecule has 2 aromatic rings. The maximum atomic E-state index is 12.0. The van der Waals surface area contributed by atoms with Gasteiger partial charge in [-0.3, -0.25) is 0 Å². The molecule has 0 N–H and O–H groups in total. The number of carbonyl (C=O) groups excluding carboxylic acids is 2. The SMILES string of the molecule is C=C(C)C(=O)OCCCOC(=O)c1ccc(-c2ccccc2)cc1. The molecule has 0 aliphatic carbocycles. The van der Waals surface area contributed by atoms with Gasteiger partial charge in [0.05, 0.1) is 18.8 Å². The Labute approximate surface area is 141 Å². The van der Waals surface area contributed by atoms with Crippen molar-refractivity contribution in [3.05, 3.63) is 72.3 Å². The minimum Gasteiger partial charge on any atom is -0.462 e. The highest BCUT2D eigenvalue weighted by Crippen LogP contribution is 2.19. The first-order valence-electron chi connectivity index (χ1n) is 7.73. The van der Waals surface area contributed by atoms with Crippen LogP contribution in [0.2, 0.25) is 0 Å². The predicted octanol–water partition coefficient (Wildman–Crippen LogP) is 4.02. The average molecular weight is 324 g/mol. The molecule has 0 radical (unpaired) electrons. The number of esters is 2. The van der Waals surface area contributed by atoms with Gasteiger partial charge in [-0.05, 0) is 30.2 Å². The van der Waals surface area contributed by atoms with E-state index in [1.54, 1.807) is 19.1 Å². The first-order valence-corrected chi connectivity index (χ1v) is 7.73. The summed E-state index contributed by atoms with van der Waals surface area (Å²) in [4.78, 5) is 23.1. The third-order valence-corrected chi connectivity index (χ3v) is 3.33. The predicted molar refractivity (Wildman–Crippen MR) is 92.6 cm³/mol. The number of ether oxygens (including phenoxy) is 2. The van der Waals surface area contributed by atoms with Crippen LogP contribution < -0.4 is 0 Å². The topological polar surface area (TPSA) is 52.6 Å². The number of carbonyl (C=O) groups is 2. The molecule has 0 aliphatic rings. The Hall–Kier alpha value is -2.88. The molecule has 0 atom stereocenters. The number of hydrogen-bond donors (Lipinski definition) is 0. The molecule has 0 aromatic heterocycles. The molecule has 24 heavy (non-hydrogen) atoms. The third kappa shape index (κ3) is 5.09. The molecule has 0 heterocycles. The molecule has 0 aliphatic heterocycles. The fraction of sp³-hybridized carbons (Fsp3) is 0.200. The zero-order valence-corrected chi connectivity index (χ0v) is 13.7. The standard InChI is InChI=1S/C20H20O4/c1-15(2)19(21)23-13-6-14-24-20(22)18-11-9-17(10-12-18)16-7-4-3-5-8-16/h3-5,7-12H,1,6,13-14H2,2H3.